The zero-order chi connectivity index (χ0) is 14.3. The summed E-state index contributed by atoms with van der Waals surface area (Å²) in [6.07, 6.45) is 3.88. The second kappa shape index (κ2) is 7.70. The molecule has 2 aromatic rings. The van der Waals surface area contributed by atoms with Crippen molar-refractivity contribution >= 4 is 17.7 Å². The van der Waals surface area contributed by atoms with Crippen LogP contribution in [0.25, 0.3) is 17.3 Å². The van der Waals surface area contributed by atoms with Gasteiger partial charge in [-0.15, -0.1) is 0 Å². The van der Waals surface area contributed by atoms with Gasteiger partial charge in [-0.2, -0.15) is 0 Å². The van der Waals surface area contributed by atoms with Crippen LogP contribution in [0.2, 0.25) is 5.15 Å². The van der Waals surface area contributed by atoms with E-state index in [1.807, 2.05) is 70.2 Å². The molecule has 0 spiro atoms. The van der Waals surface area contributed by atoms with Gasteiger partial charge in [0.25, 0.3) is 0 Å². The molecule has 19 heavy (non-hydrogen) atoms. The van der Waals surface area contributed by atoms with Crippen LogP contribution in [0, 0.1) is 6.92 Å². The Morgan fingerprint density at radius 3 is 2.26 bits per heavy atom. The monoisotopic (exact) mass is 274 g/mol. The summed E-state index contributed by atoms with van der Waals surface area (Å²) in [6, 6.07) is 9.84. The fourth-order valence-corrected chi connectivity index (χ4v) is 1.88. The SMILES string of the molecule is C/C=C\c1nc(-c2ccccc2)c(Cl)nc1C.CC. The van der Waals surface area contributed by atoms with E-state index in [1.165, 1.54) is 0 Å². The predicted molar refractivity (Wildman–Crippen MR) is 83.3 cm³/mol. The largest absolute Gasteiger partial charge is 0.243 e. The molecule has 0 aliphatic heterocycles. The minimum atomic E-state index is 0.446. The molecular weight excluding hydrogens is 256 g/mol. The summed E-state index contributed by atoms with van der Waals surface area (Å²) in [5, 5.41) is 0.446. The molecule has 0 unspecified atom stereocenters. The summed E-state index contributed by atoms with van der Waals surface area (Å²) in [7, 11) is 0. The molecule has 0 aliphatic carbocycles. The Hall–Kier alpha value is -1.67. The van der Waals surface area contributed by atoms with Crippen LogP contribution in [-0.2, 0) is 0 Å². The lowest BCUT2D eigenvalue weighted by Crippen LogP contribution is -1.96. The fraction of sp³-hybridized carbons (Fsp3) is 0.250. The molecule has 0 fully saturated rings. The van der Waals surface area contributed by atoms with Crippen molar-refractivity contribution in [1.29, 1.82) is 0 Å². The number of hydrogen-bond acceptors (Lipinski definition) is 2. The fourth-order valence-electron chi connectivity index (χ4n) is 1.60. The molecule has 0 amide bonds. The molecular formula is C16H19ClN2. The maximum absolute atomic E-state index is 6.14. The van der Waals surface area contributed by atoms with E-state index in [1.54, 1.807) is 0 Å². The Bertz CT molecular complexity index is 548. The average Bonchev–Trinajstić information content (AvgIpc) is 2.45. The lowest BCUT2D eigenvalue weighted by molar-refractivity contribution is 1.10. The molecule has 1 heterocycles. The Balaban J connectivity index is 0.000000861. The predicted octanol–water partition coefficient (Wildman–Crippen LogP) is 5.16. The van der Waals surface area contributed by atoms with Gasteiger partial charge >= 0.3 is 0 Å². The highest BCUT2D eigenvalue weighted by atomic mass is 35.5. The van der Waals surface area contributed by atoms with Crippen molar-refractivity contribution in [3.63, 3.8) is 0 Å². The maximum atomic E-state index is 6.14. The van der Waals surface area contributed by atoms with Crippen LogP contribution in [0.1, 0.15) is 32.2 Å². The van der Waals surface area contributed by atoms with Crippen LogP contribution in [0.5, 0.6) is 0 Å². The van der Waals surface area contributed by atoms with Crippen molar-refractivity contribution in [2.75, 3.05) is 0 Å². The number of rotatable bonds is 2. The van der Waals surface area contributed by atoms with E-state index in [0.29, 0.717) is 5.15 Å². The molecule has 1 aromatic heterocycles. The number of halogens is 1. The molecule has 2 rings (SSSR count). The highest BCUT2D eigenvalue weighted by Gasteiger charge is 2.09. The lowest BCUT2D eigenvalue weighted by atomic mass is 10.1. The van der Waals surface area contributed by atoms with Gasteiger partial charge in [0, 0.05) is 5.56 Å². The second-order valence-electron chi connectivity index (χ2n) is 3.70. The standard InChI is InChI=1S/C14H13ClN2.C2H6/c1-3-7-12-10(2)16-14(15)13(17-12)11-8-5-4-6-9-11;1-2/h3-9H,1-2H3;1-2H3/b7-3-;. The lowest BCUT2D eigenvalue weighted by Gasteiger charge is -2.06. The summed E-state index contributed by atoms with van der Waals surface area (Å²) in [6.45, 7) is 7.86. The van der Waals surface area contributed by atoms with E-state index in [0.717, 1.165) is 22.6 Å². The smallest absolute Gasteiger partial charge is 0.155 e. The molecule has 0 radical (unpaired) electrons. The van der Waals surface area contributed by atoms with Crippen LogP contribution < -0.4 is 0 Å². The van der Waals surface area contributed by atoms with Crippen LogP contribution in [0.4, 0.5) is 0 Å². The van der Waals surface area contributed by atoms with Crippen molar-refractivity contribution in [2.45, 2.75) is 27.7 Å². The summed E-state index contributed by atoms with van der Waals surface area (Å²) >= 11 is 6.14. The van der Waals surface area contributed by atoms with Crippen LogP contribution in [-0.4, -0.2) is 9.97 Å². The zero-order valence-corrected chi connectivity index (χ0v) is 12.6. The molecule has 2 nitrogen and oxygen atoms in total. The van der Waals surface area contributed by atoms with E-state index < -0.39 is 0 Å². The van der Waals surface area contributed by atoms with E-state index in [2.05, 4.69) is 9.97 Å². The topological polar surface area (TPSA) is 25.8 Å². The van der Waals surface area contributed by atoms with Crippen molar-refractivity contribution < 1.29 is 0 Å². The van der Waals surface area contributed by atoms with Gasteiger partial charge in [0.1, 0.15) is 5.69 Å². The summed E-state index contributed by atoms with van der Waals surface area (Å²) in [4.78, 5) is 8.87. The van der Waals surface area contributed by atoms with Crippen molar-refractivity contribution in [1.82, 2.24) is 9.97 Å². The van der Waals surface area contributed by atoms with Crippen molar-refractivity contribution in [3.05, 3.63) is 52.9 Å². The third kappa shape index (κ3) is 3.90. The Morgan fingerprint density at radius 2 is 1.68 bits per heavy atom. The number of hydrogen-bond donors (Lipinski definition) is 0. The summed E-state index contributed by atoms with van der Waals surface area (Å²) in [5.74, 6) is 0. The highest BCUT2D eigenvalue weighted by molar-refractivity contribution is 6.31. The van der Waals surface area contributed by atoms with Crippen LogP contribution in [0.3, 0.4) is 0 Å². The van der Waals surface area contributed by atoms with Gasteiger partial charge in [0.15, 0.2) is 5.15 Å². The van der Waals surface area contributed by atoms with E-state index in [9.17, 15) is 0 Å². The molecule has 0 aliphatic rings. The summed E-state index contributed by atoms with van der Waals surface area (Å²) < 4.78 is 0. The van der Waals surface area contributed by atoms with Crippen molar-refractivity contribution in [3.8, 4) is 11.3 Å². The third-order valence-electron chi connectivity index (χ3n) is 2.44. The van der Waals surface area contributed by atoms with Crippen molar-refractivity contribution in [2.24, 2.45) is 0 Å². The highest BCUT2D eigenvalue weighted by Crippen LogP contribution is 2.25. The average molecular weight is 275 g/mol. The molecule has 0 saturated carbocycles. The van der Waals surface area contributed by atoms with Crippen LogP contribution in [0.15, 0.2) is 36.4 Å². The molecule has 0 bridgehead atoms. The van der Waals surface area contributed by atoms with Gasteiger partial charge in [0.2, 0.25) is 0 Å². The van der Waals surface area contributed by atoms with E-state index >= 15 is 0 Å². The van der Waals surface area contributed by atoms with Gasteiger partial charge in [-0.3, -0.25) is 0 Å². The van der Waals surface area contributed by atoms with Gasteiger partial charge in [0.05, 0.1) is 11.4 Å². The second-order valence-corrected chi connectivity index (χ2v) is 4.06. The minimum Gasteiger partial charge on any atom is -0.243 e. The number of benzene rings is 1. The van der Waals surface area contributed by atoms with Gasteiger partial charge < -0.3 is 0 Å². The molecule has 1 aromatic carbocycles. The van der Waals surface area contributed by atoms with E-state index in [4.69, 9.17) is 11.6 Å². The Labute approximate surface area is 120 Å². The molecule has 0 saturated heterocycles. The van der Waals surface area contributed by atoms with Gasteiger partial charge in [-0.25, -0.2) is 9.97 Å². The molecule has 0 N–H and O–H groups in total. The molecule has 0 atom stereocenters. The van der Waals surface area contributed by atoms with Crippen LogP contribution >= 0.6 is 11.6 Å². The van der Waals surface area contributed by atoms with Gasteiger partial charge in [-0.05, 0) is 19.9 Å². The van der Waals surface area contributed by atoms with Gasteiger partial charge in [-0.1, -0.05) is 61.9 Å². The maximum Gasteiger partial charge on any atom is 0.155 e. The summed E-state index contributed by atoms with van der Waals surface area (Å²) in [5.41, 5.74) is 3.41. The minimum absolute atomic E-state index is 0.446. The number of nitrogens with zero attached hydrogens (tertiary/aromatic N) is 2. The first-order chi connectivity index (χ1) is 9.22. The number of aryl methyl sites for hydroxylation is 1. The number of allylic oxidation sites excluding steroid dienone is 1. The Morgan fingerprint density at radius 1 is 1.05 bits per heavy atom. The Kier molecular flexibility index (Phi) is 6.23. The first-order valence-corrected chi connectivity index (χ1v) is 6.82. The zero-order valence-electron chi connectivity index (χ0n) is 11.8. The molecule has 3 heteroatoms. The van der Waals surface area contributed by atoms with E-state index in [-0.39, 0.29) is 0 Å². The number of aromatic nitrogens is 2. The normalized spacial score (nSPS) is 10.2. The third-order valence-corrected chi connectivity index (χ3v) is 2.70. The first-order valence-electron chi connectivity index (χ1n) is 6.44. The first kappa shape index (κ1) is 15.4. The molecule has 100 valence electrons. The quantitative estimate of drug-likeness (QED) is 0.755.